The lowest BCUT2D eigenvalue weighted by molar-refractivity contribution is -0.167. The van der Waals surface area contributed by atoms with E-state index in [1.807, 2.05) is 0 Å². The molecule has 0 bridgehead atoms. The number of esters is 3. The van der Waals surface area contributed by atoms with Crippen LogP contribution in [0.1, 0.15) is 290 Å². The molecule has 6 heteroatoms. The zero-order valence-electron chi connectivity index (χ0n) is 45.6. The van der Waals surface area contributed by atoms with Crippen LogP contribution in [-0.4, -0.2) is 37.2 Å². The second-order valence-corrected chi connectivity index (χ2v) is 19.5. The minimum atomic E-state index is -0.795. The summed E-state index contributed by atoms with van der Waals surface area (Å²) in [6, 6.07) is 0. The average Bonchev–Trinajstić information content (AvgIpc) is 3.35. The van der Waals surface area contributed by atoms with E-state index >= 15 is 0 Å². The third-order valence-corrected chi connectivity index (χ3v) is 12.7. The van der Waals surface area contributed by atoms with Crippen molar-refractivity contribution in [3.8, 4) is 0 Å². The number of ether oxygens (including phenoxy) is 3. The van der Waals surface area contributed by atoms with Crippen molar-refractivity contribution < 1.29 is 28.6 Å². The van der Waals surface area contributed by atoms with Gasteiger partial charge in [-0.2, -0.15) is 0 Å². The van der Waals surface area contributed by atoms with Gasteiger partial charge >= 0.3 is 17.9 Å². The van der Waals surface area contributed by atoms with Crippen LogP contribution >= 0.6 is 0 Å². The maximum Gasteiger partial charge on any atom is 0.306 e. The van der Waals surface area contributed by atoms with E-state index in [9.17, 15) is 14.4 Å². The summed E-state index contributed by atoms with van der Waals surface area (Å²) >= 11 is 0. The minimum absolute atomic E-state index is 0.0907. The molecular formula is C63H110O6. The minimum Gasteiger partial charge on any atom is -0.462 e. The van der Waals surface area contributed by atoms with E-state index in [4.69, 9.17) is 14.2 Å². The van der Waals surface area contributed by atoms with Crippen LogP contribution in [0.25, 0.3) is 0 Å². The molecule has 0 aliphatic heterocycles. The molecule has 0 aliphatic rings. The number of hydrogen-bond acceptors (Lipinski definition) is 6. The van der Waals surface area contributed by atoms with Gasteiger partial charge in [-0.1, -0.05) is 229 Å². The van der Waals surface area contributed by atoms with Crippen molar-refractivity contribution in [1.82, 2.24) is 0 Å². The number of carbonyl (C=O) groups is 3. The molecule has 0 fully saturated rings. The molecule has 0 aromatic heterocycles. The summed E-state index contributed by atoms with van der Waals surface area (Å²) < 4.78 is 16.8. The molecule has 0 unspecified atom stereocenters. The fraction of sp³-hybridized carbons (Fsp3) is 0.762. The van der Waals surface area contributed by atoms with E-state index in [0.29, 0.717) is 19.3 Å². The zero-order chi connectivity index (χ0) is 50.0. The first-order valence-electron chi connectivity index (χ1n) is 29.4. The van der Waals surface area contributed by atoms with Gasteiger partial charge in [0.15, 0.2) is 6.10 Å². The molecule has 0 saturated heterocycles. The van der Waals surface area contributed by atoms with Gasteiger partial charge in [-0.15, -0.1) is 0 Å². The Kier molecular flexibility index (Phi) is 54.8. The van der Waals surface area contributed by atoms with Gasteiger partial charge < -0.3 is 14.2 Å². The summed E-state index contributed by atoms with van der Waals surface area (Å²) in [6.07, 6.45) is 73.2. The first kappa shape index (κ1) is 65.8. The highest BCUT2D eigenvalue weighted by Crippen LogP contribution is 2.15. The highest BCUT2D eigenvalue weighted by atomic mass is 16.6. The zero-order valence-corrected chi connectivity index (χ0v) is 45.6. The molecule has 0 aromatic carbocycles. The Hall–Kier alpha value is -3.15. The summed E-state index contributed by atoms with van der Waals surface area (Å²) in [5.74, 6) is -0.930. The monoisotopic (exact) mass is 963 g/mol. The number of hydrogen-bond donors (Lipinski definition) is 0. The van der Waals surface area contributed by atoms with Gasteiger partial charge in [0, 0.05) is 19.3 Å². The third-order valence-electron chi connectivity index (χ3n) is 12.7. The highest BCUT2D eigenvalue weighted by molar-refractivity contribution is 5.71. The summed E-state index contributed by atoms with van der Waals surface area (Å²) in [6.45, 7) is 6.56. The Morgan fingerprint density at radius 1 is 0.290 bits per heavy atom. The number of rotatable bonds is 53. The summed E-state index contributed by atoms with van der Waals surface area (Å²) in [5.41, 5.74) is 0. The Labute approximate surface area is 427 Å². The number of carbonyl (C=O) groups excluding carboxylic acids is 3. The molecule has 1 atom stereocenters. The molecule has 0 aromatic rings. The van der Waals surface area contributed by atoms with Crippen molar-refractivity contribution in [3.05, 3.63) is 72.9 Å². The first-order valence-corrected chi connectivity index (χ1v) is 29.4. The summed E-state index contributed by atoms with van der Waals surface area (Å²) in [4.78, 5) is 38.2. The molecule has 0 radical (unpaired) electrons. The van der Waals surface area contributed by atoms with Gasteiger partial charge in [0.25, 0.3) is 0 Å². The SMILES string of the molecule is CCCCC/C=C\C/C=C\C/C=C\CCCCC(=O)OC[C@H](COC(=O)CCCCCCCCC/C=C\CCCCCCCC)OC(=O)CCCCCCCCCCC/C=C\C/C=C\CCCCC. The highest BCUT2D eigenvalue weighted by Gasteiger charge is 2.19. The van der Waals surface area contributed by atoms with Crippen molar-refractivity contribution in [2.75, 3.05) is 13.2 Å². The van der Waals surface area contributed by atoms with E-state index in [1.54, 1.807) is 0 Å². The smallest absolute Gasteiger partial charge is 0.306 e. The quantitative estimate of drug-likeness (QED) is 0.0262. The molecule has 0 heterocycles. The fourth-order valence-corrected chi connectivity index (χ4v) is 8.18. The van der Waals surface area contributed by atoms with Crippen molar-refractivity contribution in [2.24, 2.45) is 0 Å². The van der Waals surface area contributed by atoms with Gasteiger partial charge in [-0.25, -0.2) is 0 Å². The predicted molar refractivity (Wildman–Crippen MR) is 298 cm³/mol. The molecule has 69 heavy (non-hydrogen) atoms. The van der Waals surface area contributed by atoms with Crippen molar-refractivity contribution in [1.29, 1.82) is 0 Å². The fourth-order valence-electron chi connectivity index (χ4n) is 8.18. The Morgan fingerprint density at radius 2 is 0.522 bits per heavy atom. The van der Waals surface area contributed by atoms with Gasteiger partial charge in [0.1, 0.15) is 13.2 Å². The van der Waals surface area contributed by atoms with Crippen LogP contribution in [0.3, 0.4) is 0 Å². The van der Waals surface area contributed by atoms with Gasteiger partial charge in [-0.3, -0.25) is 14.4 Å². The lowest BCUT2D eigenvalue weighted by Gasteiger charge is -2.18. The lowest BCUT2D eigenvalue weighted by Crippen LogP contribution is -2.30. The van der Waals surface area contributed by atoms with E-state index in [0.717, 1.165) is 77.0 Å². The van der Waals surface area contributed by atoms with E-state index in [2.05, 4.69) is 93.7 Å². The molecule has 0 N–H and O–H groups in total. The van der Waals surface area contributed by atoms with E-state index < -0.39 is 6.10 Å². The van der Waals surface area contributed by atoms with Crippen LogP contribution in [0.15, 0.2) is 72.9 Å². The van der Waals surface area contributed by atoms with Crippen LogP contribution in [0.5, 0.6) is 0 Å². The van der Waals surface area contributed by atoms with Crippen LogP contribution in [0, 0.1) is 0 Å². The Balaban J connectivity index is 4.43. The van der Waals surface area contributed by atoms with Crippen molar-refractivity contribution in [3.63, 3.8) is 0 Å². The Morgan fingerprint density at radius 3 is 0.884 bits per heavy atom. The van der Waals surface area contributed by atoms with Gasteiger partial charge in [0.2, 0.25) is 0 Å². The molecule has 0 amide bonds. The maximum atomic E-state index is 12.9. The van der Waals surface area contributed by atoms with Crippen molar-refractivity contribution in [2.45, 2.75) is 297 Å². The van der Waals surface area contributed by atoms with Gasteiger partial charge in [0.05, 0.1) is 0 Å². The third kappa shape index (κ3) is 55.6. The summed E-state index contributed by atoms with van der Waals surface area (Å²) in [5, 5.41) is 0. The number of unbranched alkanes of at least 4 members (excludes halogenated alkanes) is 30. The second kappa shape index (κ2) is 57.4. The predicted octanol–water partition coefficient (Wildman–Crippen LogP) is 19.8. The lowest BCUT2D eigenvalue weighted by atomic mass is 10.1. The maximum absolute atomic E-state index is 12.9. The molecule has 0 saturated carbocycles. The van der Waals surface area contributed by atoms with Gasteiger partial charge in [-0.05, 0) is 116 Å². The van der Waals surface area contributed by atoms with Crippen LogP contribution < -0.4 is 0 Å². The first-order chi connectivity index (χ1) is 34.0. The topological polar surface area (TPSA) is 78.9 Å². The Bertz CT molecular complexity index is 1290. The van der Waals surface area contributed by atoms with E-state index in [-0.39, 0.29) is 31.1 Å². The van der Waals surface area contributed by atoms with Crippen LogP contribution in [0.4, 0.5) is 0 Å². The molecule has 398 valence electrons. The van der Waals surface area contributed by atoms with Crippen LogP contribution in [-0.2, 0) is 28.6 Å². The van der Waals surface area contributed by atoms with Crippen LogP contribution in [0.2, 0.25) is 0 Å². The normalized spacial score (nSPS) is 12.6. The van der Waals surface area contributed by atoms with Crippen molar-refractivity contribution >= 4 is 17.9 Å². The molecular weight excluding hydrogens is 853 g/mol. The van der Waals surface area contributed by atoms with E-state index in [1.165, 1.54) is 173 Å². The molecule has 0 spiro atoms. The summed E-state index contributed by atoms with van der Waals surface area (Å²) in [7, 11) is 0. The molecule has 6 nitrogen and oxygen atoms in total. The largest absolute Gasteiger partial charge is 0.462 e. The number of allylic oxidation sites excluding steroid dienone is 12. The average molecular weight is 964 g/mol. The molecule has 0 rings (SSSR count). The molecule has 0 aliphatic carbocycles. The second-order valence-electron chi connectivity index (χ2n) is 19.5. The standard InChI is InChI=1S/C63H110O6/c1-4-7-10-13-16-19-22-25-28-30-31-33-36-39-42-45-48-51-54-57-63(66)69-60(58-67-61(64)55-52-49-46-43-40-37-34-27-24-21-18-15-12-9-6-3)59-68-62(65)56-53-50-47-44-41-38-35-32-29-26-23-20-17-14-11-8-5-2/h16,18-19,21,25-29,34,40,43,60H,4-15,17,20,22-24,30-33,35-39,41-42,44-59H2,1-3H3/b19-16-,21-18-,28-25-,29-26-,34-27-,43-40-/t60-/m1/s1.